The van der Waals surface area contributed by atoms with Crippen molar-refractivity contribution in [1.29, 1.82) is 0 Å². The molecule has 4 heteroatoms. The minimum atomic E-state index is 0.762. The van der Waals surface area contributed by atoms with Crippen LogP contribution in [0.1, 0.15) is 18.4 Å². The third kappa shape index (κ3) is 3.80. The van der Waals surface area contributed by atoms with E-state index < -0.39 is 0 Å². The minimum absolute atomic E-state index is 0.762. The monoisotopic (exact) mass is 271 g/mol. The van der Waals surface area contributed by atoms with Gasteiger partial charge in [-0.05, 0) is 36.8 Å². The molecule has 0 saturated carbocycles. The Balaban J connectivity index is 1.86. The van der Waals surface area contributed by atoms with Gasteiger partial charge in [0.2, 0.25) is 0 Å². The second kappa shape index (κ2) is 6.53. The summed E-state index contributed by atoms with van der Waals surface area (Å²) in [5, 5.41) is 5.03. The third-order valence-electron chi connectivity index (χ3n) is 2.95. The Morgan fingerprint density at radius 2 is 2.41 bits per heavy atom. The van der Waals surface area contributed by atoms with Gasteiger partial charge in [0.1, 0.15) is 5.75 Å². The van der Waals surface area contributed by atoms with Crippen molar-refractivity contribution in [3.05, 3.63) is 28.8 Å². The van der Waals surface area contributed by atoms with E-state index in [0.29, 0.717) is 0 Å². The van der Waals surface area contributed by atoms with Gasteiger partial charge in [0, 0.05) is 28.9 Å². The molecule has 0 radical (unpaired) electrons. The molecule has 17 heavy (non-hydrogen) atoms. The molecule has 1 unspecified atom stereocenters. The molecule has 1 fully saturated rings. The lowest BCUT2D eigenvalue weighted by Crippen LogP contribution is -2.22. The van der Waals surface area contributed by atoms with Crippen LogP contribution in [0, 0.1) is 0 Å². The number of benzene rings is 1. The van der Waals surface area contributed by atoms with Gasteiger partial charge in [-0.15, -0.1) is 0 Å². The Morgan fingerprint density at radius 3 is 3.12 bits per heavy atom. The summed E-state index contributed by atoms with van der Waals surface area (Å²) in [4.78, 5) is 0. The van der Waals surface area contributed by atoms with Gasteiger partial charge in [0.05, 0.1) is 7.11 Å². The summed E-state index contributed by atoms with van der Waals surface area (Å²) in [7, 11) is 1.69. The zero-order valence-electron chi connectivity index (χ0n) is 10.0. The molecule has 1 saturated heterocycles. The molecule has 1 aliphatic rings. The molecule has 94 valence electrons. The van der Waals surface area contributed by atoms with Crippen LogP contribution >= 0.6 is 23.4 Å². The lowest BCUT2D eigenvalue weighted by Gasteiger charge is -2.12. The molecule has 2 nitrogen and oxygen atoms in total. The molecule has 1 atom stereocenters. The molecule has 0 spiro atoms. The van der Waals surface area contributed by atoms with Crippen molar-refractivity contribution in [2.45, 2.75) is 24.6 Å². The lowest BCUT2D eigenvalue weighted by atomic mass is 10.2. The van der Waals surface area contributed by atoms with Gasteiger partial charge in [-0.2, -0.15) is 11.8 Å². The van der Waals surface area contributed by atoms with E-state index in [1.54, 1.807) is 7.11 Å². The standard InChI is InChI=1S/C13H18ClNOS/c1-16-13-5-4-11(14)7-10(13)8-15-9-12-3-2-6-17-12/h4-5,7,12,15H,2-3,6,8-9H2,1H3. The average molecular weight is 272 g/mol. The van der Waals surface area contributed by atoms with E-state index in [4.69, 9.17) is 16.3 Å². The molecule has 0 bridgehead atoms. The van der Waals surface area contributed by atoms with E-state index in [2.05, 4.69) is 17.1 Å². The first-order valence-electron chi connectivity index (χ1n) is 5.94. The second-order valence-corrected chi connectivity index (χ2v) is 6.07. The topological polar surface area (TPSA) is 21.3 Å². The largest absolute Gasteiger partial charge is 0.496 e. The summed E-state index contributed by atoms with van der Waals surface area (Å²) in [6.45, 7) is 1.89. The highest BCUT2D eigenvalue weighted by Crippen LogP contribution is 2.26. The van der Waals surface area contributed by atoms with Crippen molar-refractivity contribution < 1.29 is 4.74 Å². The normalized spacial score (nSPS) is 19.5. The molecule has 1 heterocycles. The van der Waals surface area contributed by atoms with Crippen LogP contribution < -0.4 is 10.1 Å². The van der Waals surface area contributed by atoms with Gasteiger partial charge in [0.25, 0.3) is 0 Å². The molecular weight excluding hydrogens is 254 g/mol. The van der Waals surface area contributed by atoms with Gasteiger partial charge in [-0.3, -0.25) is 0 Å². The van der Waals surface area contributed by atoms with Gasteiger partial charge in [-0.1, -0.05) is 11.6 Å². The van der Waals surface area contributed by atoms with Crippen molar-refractivity contribution in [1.82, 2.24) is 5.32 Å². The summed E-state index contributed by atoms with van der Waals surface area (Å²) in [5.74, 6) is 2.22. The van der Waals surface area contributed by atoms with E-state index >= 15 is 0 Å². The third-order valence-corrected chi connectivity index (χ3v) is 4.59. The van der Waals surface area contributed by atoms with Crippen LogP contribution in [0.15, 0.2) is 18.2 Å². The number of thioether (sulfide) groups is 1. The summed E-state index contributed by atoms with van der Waals surface area (Å²) in [5.41, 5.74) is 1.13. The van der Waals surface area contributed by atoms with Crippen LogP contribution in [0.2, 0.25) is 5.02 Å². The van der Waals surface area contributed by atoms with Gasteiger partial charge in [0.15, 0.2) is 0 Å². The maximum absolute atomic E-state index is 5.99. The fourth-order valence-corrected chi connectivity index (χ4v) is 3.49. The van der Waals surface area contributed by atoms with Crippen LogP contribution in [0.5, 0.6) is 5.75 Å². The Morgan fingerprint density at radius 1 is 1.53 bits per heavy atom. The van der Waals surface area contributed by atoms with E-state index in [1.165, 1.54) is 18.6 Å². The first-order valence-corrected chi connectivity index (χ1v) is 7.37. The molecule has 1 N–H and O–H groups in total. The Labute approximate surface area is 112 Å². The van der Waals surface area contributed by atoms with Crippen molar-refractivity contribution in [2.24, 2.45) is 0 Å². The molecule has 0 aliphatic carbocycles. The fraction of sp³-hybridized carbons (Fsp3) is 0.538. The number of hydrogen-bond acceptors (Lipinski definition) is 3. The van der Waals surface area contributed by atoms with E-state index in [0.717, 1.165) is 34.7 Å². The zero-order chi connectivity index (χ0) is 12.1. The Kier molecular flexibility index (Phi) is 5.01. The lowest BCUT2D eigenvalue weighted by molar-refractivity contribution is 0.407. The van der Waals surface area contributed by atoms with Crippen LogP contribution in [0.3, 0.4) is 0 Å². The molecule has 2 rings (SSSR count). The predicted octanol–water partition coefficient (Wildman–Crippen LogP) is 3.33. The Hall–Kier alpha value is -0.380. The highest BCUT2D eigenvalue weighted by Gasteiger charge is 2.14. The first kappa shape index (κ1) is 13.1. The zero-order valence-corrected chi connectivity index (χ0v) is 11.6. The van der Waals surface area contributed by atoms with E-state index in [1.807, 2.05) is 18.2 Å². The van der Waals surface area contributed by atoms with Gasteiger partial charge in [-0.25, -0.2) is 0 Å². The highest BCUT2D eigenvalue weighted by atomic mass is 35.5. The first-order chi connectivity index (χ1) is 8.29. The minimum Gasteiger partial charge on any atom is -0.496 e. The van der Waals surface area contributed by atoms with Crippen LogP contribution in [0.4, 0.5) is 0 Å². The highest BCUT2D eigenvalue weighted by molar-refractivity contribution is 8.00. The summed E-state index contributed by atoms with van der Waals surface area (Å²) in [6, 6.07) is 5.75. The van der Waals surface area contributed by atoms with Gasteiger partial charge < -0.3 is 10.1 Å². The van der Waals surface area contributed by atoms with Crippen molar-refractivity contribution in [3.8, 4) is 5.75 Å². The van der Waals surface area contributed by atoms with Crippen molar-refractivity contribution in [2.75, 3.05) is 19.4 Å². The summed E-state index contributed by atoms with van der Waals surface area (Å²) >= 11 is 8.06. The number of hydrogen-bond donors (Lipinski definition) is 1. The van der Waals surface area contributed by atoms with Gasteiger partial charge >= 0.3 is 0 Å². The number of ether oxygens (including phenoxy) is 1. The van der Waals surface area contributed by atoms with Crippen LogP contribution in [-0.4, -0.2) is 24.7 Å². The maximum Gasteiger partial charge on any atom is 0.123 e. The summed E-state index contributed by atoms with van der Waals surface area (Å²) < 4.78 is 5.32. The molecule has 0 amide bonds. The maximum atomic E-state index is 5.99. The average Bonchev–Trinajstić information content (AvgIpc) is 2.82. The van der Waals surface area contributed by atoms with E-state index in [9.17, 15) is 0 Å². The number of rotatable bonds is 5. The molecule has 1 aliphatic heterocycles. The van der Waals surface area contributed by atoms with Crippen LogP contribution in [-0.2, 0) is 6.54 Å². The SMILES string of the molecule is COc1ccc(Cl)cc1CNCC1CCCS1. The second-order valence-electron chi connectivity index (χ2n) is 4.22. The smallest absolute Gasteiger partial charge is 0.123 e. The molecule has 0 aromatic heterocycles. The Bertz CT molecular complexity index is 366. The predicted molar refractivity (Wildman–Crippen MR) is 75.2 cm³/mol. The molecule has 1 aromatic carbocycles. The van der Waals surface area contributed by atoms with Crippen LogP contribution in [0.25, 0.3) is 0 Å². The fourth-order valence-electron chi connectivity index (χ4n) is 2.06. The van der Waals surface area contributed by atoms with Crippen molar-refractivity contribution >= 4 is 23.4 Å². The number of methoxy groups -OCH3 is 1. The molecule has 1 aromatic rings. The number of halogens is 1. The molecular formula is C13H18ClNOS. The number of nitrogens with one attached hydrogen (secondary N) is 1. The van der Waals surface area contributed by atoms with E-state index in [-0.39, 0.29) is 0 Å². The quantitative estimate of drug-likeness (QED) is 0.888. The van der Waals surface area contributed by atoms with Crippen molar-refractivity contribution in [3.63, 3.8) is 0 Å². The summed E-state index contributed by atoms with van der Waals surface area (Å²) in [6.07, 6.45) is 2.70.